The lowest BCUT2D eigenvalue weighted by molar-refractivity contribution is 0.283. The number of anilines is 1. The molecule has 0 bridgehead atoms. The first-order chi connectivity index (χ1) is 8.07. The van der Waals surface area contributed by atoms with Crippen LogP contribution in [0.3, 0.4) is 0 Å². The molecule has 1 aromatic rings. The summed E-state index contributed by atoms with van der Waals surface area (Å²) in [5.74, 6) is 0.179. The zero-order valence-corrected chi connectivity index (χ0v) is 10.1. The van der Waals surface area contributed by atoms with Crippen LogP contribution in [0.5, 0.6) is 0 Å². The maximum atomic E-state index is 11.6. The molecule has 7 nitrogen and oxygen atoms in total. The van der Waals surface area contributed by atoms with Crippen LogP contribution in [-0.2, 0) is 14.1 Å². The number of unbranched alkanes of at least 4 members (excludes halogenated alkanes) is 2. The van der Waals surface area contributed by atoms with E-state index in [1.54, 1.807) is 0 Å². The van der Waals surface area contributed by atoms with Crippen molar-refractivity contribution in [1.82, 2.24) is 14.3 Å². The zero-order valence-electron chi connectivity index (χ0n) is 10.1. The van der Waals surface area contributed by atoms with Gasteiger partial charge in [0.15, 0.2) is 0 Å². The van der Waals surface area contributed by atoms with E-state index in [1.165, 1.54) is 14.1 Å². The van der Waals surface area contributed by atoms with Crippen LogP contribution in [0.15, 0.2) is 9.59 Å². The van der Waals surface area contributed by atoms with Crippen molar-refractivity contribution in [3.8, 4) is 0 Å². The van der Waals surface area contributed by atoms with Crippen LogP contribution < -0.4 is 16.6 Å². The van der Waals surface area contributed by atoms with Gasteiger partial charge in [-0.25, -0.2) is 9.48 Å². The van der Waals surface area contributed by atoms with Crippen LogP contribution in [0.25, 0.3) is 0 Å². The van der Waals surface area contributed by atoms with E-state index in [1.807, 2.05) is 0 Å². The molecule has 0 aliphatic rings. The first kappa shape index (κ1) is 13.4. The van der Waals surface area contributed by atoms with E-state index < -0.39 is 11.2 Å². The first-order valence-electron chi connectivity index (χ1n) is 5.57. The normalized spacial score (nSPS) is 10.5. The smallest absolute Gasteiger partial charge is 0.346 e. The van der Waals surface area contributed by atoms with Crippen LogP contribution >= 0.6 is 0 Å². The molecule has 1 rings (SSSR count). The Labute approximate surface area is 98.7 Å². The third-order valence-corrected chi connectivity index (χ3v) is 2.45. The van der Waals surface area contributed by atoms with E-state index in [4.69, 9.17) is 5.11 Å². The highest BCUT2D eigenvalue weighted by atomic mass is 16.3. The maximum Gasteiger partial charge on any atom is 0.346 e. The van der Waals surface area contributed by atoms with Gasteiger partial charge in [-0.05, 0) is 19.3 Å². The molecule has 0 unspecified atom stereocenters. The Hall–Kier alpha value is -1.63. The topological polar surface area (TPSA) is 89.2 Å². The molecule has 0 fully saturated rings. The van der Waals surface area contributed by atoms with Gasteiger partial charge in [-0.15, -0.1) is 5.10 Å². The van der Waals surface area contributed by atoms with E-state index >= 15 is 0 Å². The number of hydrogen-bond donors (Lipinski definition) is 2. The molecule has 2 N–H and O–H groups in total. The lowest BCUT2D eigenvalue weighted by Crippen LogP contribution is -2.40. The third kappa shape index (κ3) is 3.42. The highest BCUT2D eigenvalue weighted by Gasteiger charge is 2.07. The largest absolute Gasteiger partial charge is 0.396 e. The number of aliphatic hydroxyl groups excluding tert-OH is 1. The molecule has 0 amide bonds. The molecular formula is C10H18N4O3. The molecule has 1 aromatic heterocycles. The van der Waals surface area contributed by atoms with E-state index in [2.05, 4.69) is 10.4 Å². The van der Waals surface area contributed by atoms with E-state index in [0.29, 0.717) is 6.54 Å². The molecule has 0 aliphatic heterocycles. The number of nitrogens with zero attached hydrogens (tertiary/aromatic N) is 3. The predicted molar refractivity (Wildman–Crippen MR) is 64.1 cm³/mol. The molecule has 0 aliphatic carbocycles. The Kier molecular flexibility index (Phi) is 4.89. The lowest BCUT2D eigenvalue weighted by Gasteiger charge is -2.07. The Morgan fingerprint density at radius 1 is 1.24 bits per heavy atom. The van der Waals surface area contributed by atoms with Crippen molar-refractivity contribution >= 4 is 5.82 Å². The van der Waals surface area contributed by atoms with E-state index in [-0.39, 0.29) is 12.4 Å². The van der Waals surface area contributed by atoms with Crippen molar-refractivity contribution in [2.75, 3.05) is 18.5 Å². The van der Waals surface area contributed by atoms with Crippen LogP contribution in [0.2, 0.25) is 0 Å². The van der Waals surface area contributed by atoms with E-state index in [9.17, 15) is 9.59 Å². The number of aliphatic hydroxyl groups is 1. The molecule has 0 saturated carbocycles. The summed E-state index contributed by atoms with van der Waals surface area (Å²) in [7, 11) is 2.92. The van der Waals surface area contributed by atoms with Crippen molar-refractivity contribution in [3.63, 3.8) is 0 Å². The summed E-state index contributed by atoms with van der Waals surface area (Å²) >= 11 is 0. The van der Waals surface area contributed by atoms with Crippen molar-refractivity contribution in [2.24, 2.45) is 14.1 Å². The molecule has 0 aromatic carbocycles. The molecule has 1 heterocycles. The second kappa shape index (κ2) is 6.19. The minimum atomic E-state index is -0.444. The lowest BCUT2D eigenvalue weighted by atomic mass is 10.2. The van der Waals surface area contributed by atoms with Gasteiger partial charge in [0, 0.05) is 27.2 Å². The van der Waals surface area contributed by atoms with Gasteiger partial charge in [-0.3, -0.25) is 9.36 Å². The first-order valence-corrected chi connectivity index (χ1v) is 5.57. The van der Waals surface area contributed by atoms with Crippen LogP contribution in [0.4, 0.5) is 5.82 Å². The number of rotatable bonds is 6. The number of aryl methyl sites for hydroxylation is 1. The Morgan fingerprint density at radius 2 is 1.94 bits per heavy atom. The minimum Gasteiger partial charge on any atom is -0.396 e. The molecule has 0 spiro atoms. The number of nitrogens with one attached hydrogen (secondary N) is 1. The van der Waals surface area contributed by atoms with Gasteiger partial charge in [0.2, 0.25) is 5.82 Å². The van der Waals surface area contributed by atoms with Gasteiger partial charge in [-0.2, -0.15) is 0 Å². The van der Waals surface area contributed by atoms with Crippen LogP contribution in [-0.4, -0.2) is 32.6 Å². The highest BCUT2D eigenvalue weighted by molar-refractivity contribution is 5.29. The van der Waals surface area contributed by atoms with Gasteiger partial charge in [-0.1, -0.05) is 0 Å². The summed E-state index contributed by atoms with van der Waals surface area (Å²) in [6.45, 7) is 0.778. The quantitative estimate of drug-likeness (QED) is 0.628. The summed E-state index contributed by atoms with van der Waals surface area (Å²) < 4.78 is 2.14. The number of hydrogen-bond acceptors (Lipinski definition) is 5. The van der Waals surface area contributed by atoms with E-state index in [0.717, 1.165) is 28.5 Å². The molecule has 0 atom stereocenters. The summed E-state index contributed by atoms with van der Waals surface area (Å²) in [6, 6.07) is 0. The summed E-state index contributed by atoms with van der Waals surface area (Å²) in [5, 5.41) is 15.4. The van der Waals surface area contributed by atoms with Crippen LogP contribution in [0, 0.1) is 0 Å². The summed E-state index contributed by atoms with van der Waals surface area (Å²) in [5.41, 5.74) is -0.865. The predicted octanol–water partition coefficient (Wildman–Crippen LogP) is -0.946. The van der Waals surface area contributed by atoms with Crippen molar-refractivity contribution < 1.29 is 5.11 Å². The van der Waals surface area contributed by atoms with Gasteiger partial charge >= 0.3 is 5.69 Å². The Bertz CT molecular complexity index is 477. The molecular weight excluding hydrogens is 224 g/mol. The Balaban J connectivity index is 2.66. The molecule has 0 radical (unpaired) electrons. The molecule has 96 valence electrons. The van der Waals surface area contributed by atoms with Crippen molar-refractivity contribution in [3.05, 3.63) is 20.8 Å². The van der Waals surface area contributed by atoms with Gasteiger partial charge < -0.3 is 10.4 Å². The molecule has 0 saturated heterocycles. The Morgan fingerprint density at radius 3 is 2.59 bits per heavy atom. The van der Waals surface area contributed by atoms with Crippen molar-refractivity contribution in [1.29, 1.82) is 0 Å². The van der Waals surface area contributed by atoms with Gasteiger partial charge in [0.25, 0.3) is 5.56 Å². The minimum absolute atomic E-state index is 0.179. The second-order valence-corrected chi connectivity index (χ2v) is 3.83. The van der Waals surface area contributed by atoms with Crippen molar-refractivity contribution in [2.45, 2.75) is 19.3 Å². The summed E-state index contributed by atoms with van der Waals surface area (Å²) in [6.07, 6.45) is 2.48. The maximum absolute atomic E-state index is 11.6. The summed E-state index contributed by atoms with van der Waals surface area (Å²) in [4.78, 5) is 23.0. The zero-order chi connectivity index (χ0) is 12.8. The fourth-order valence-corrected chi connectivity index (χ4v) is 1.43. The molecule has 17 heavy (non-hydrogen) atoms. The fourth-order valence-electron chi connectivity index (χ4n) is 1.43. The second-order valence-electron chi connectivity index (χ2n) is 3.83. The average molecular weight is 242 g/mol. The number of aromatic nitrogens is 3. The SMILES string of the molecule is Cn1nc(NCCCCCO)c(=O)n(C)c1=O. The highest BCUT2D eigenvalue weighted by Crippen LogP contribution is 1.96. The third-order valence-electron chi connectivity index (χ3n) is 2.45. The monoisotopic (exact) mass is 242 g/mol. The standard InChI is InChI=1S/C10H18N4O3/c1-13-9(16)8(12-14(2)10(13)17)11-6-4-3-5-7-15/h15H,3-7H2,1-2H3,(H,11,12). The van der Waals surface area contributed by atoms with Crippen LogP contribution in [0.1, 0.15) is 19.3 Å². The average Bonchev–Trinajstić information content (AvgIpc) is 2.32. The van der Waals surface area contributed by atoms with Gasteiger partial charge in [0.1, 0.15) is 0 Å². The van der Waals surface area contributed by atoms with Gasteiger partial charge in [0.05, 0.1) is 0 Å². The fraction of sp³-hybridized carbons (Fsp3) is 0.700. The molecule has 7 heteroatoms.